The second-order valence-electron chi connectivity index (χ2n) is 2.91. The molecule has 0 bridgehead atoms. The summed E-state index contributed by atoms with van der Waals surface area (Å²) in [6, 6.07) is 0. The molecule has 0 aromatic carbocycles. The molecule has 0 fully saturated rings. The largest absolute Gasteiger partial charge is 0.0856 e. The molecule has 1 unspecified atom stereocenters. The van der Waals surface area contributed by atoms with Crippen molar-refractivity contribution in [2.24, 2.45) is 5.92 Å². The van der Waals surface area contributed by atoms with E-state index in [9.17, 15) is 0 Å². The van der Waals surface area contributed by atoms with Gasteiger partial charge in [0.1, 0.15) is 0 Å². The number of allylic oxidation sites excluding steroid dienone is 2. The highest BCUT2D eigenvalue weighted by Crippen LogP contribution is 2.07. The van der Waals surface area contributed by atoms with E-state index in [0.29, 0.717) is 0 Å². The maximum Gasteiger partial charge on any atom is -0.0322 e. The molecule has 0 nitrogen and oxygen atoms in total. The highest BCUT2D eigenvalue weighted by molar-refractivity contribution is 4.93. The number of hydrogen-bond acceptors (Lipinski definition) is 0. The molecule has 53 valence electrons. The molecule has 0 saturated heterocycles. The molecule has 0 heterocycles. The van der Waals surface area contributed by atoms with Crippen molar-refractivity contribution in [3.63, 3.8) is 0 Å². The first kappa shape index (κ1) is 8.74. The molecule has 1 radical (unpaired) electrons. The van der Waals surface area contributed by atoms with Gasteiger partial charge in [0.2, 0.25) is 0 Å². The summed E-state index contributed by atoms with van der Waals surface area (Å²) in [5.41, 5.74) is 1.41. The summed E-state index contributed by atoms with van der Waals surface area (Å²) in [4.78, 5) is 0. The van der Waals surface area contributed by atoms with Crippen LogP contribution >= 0.6 is 0 Å². The lowest BCUT2D eigenvalue weighted by molar-refractivity contribution is 0.599. The van der Waals surface area contributed by atoms with Crippen molar-refractivity contribution < 1.29 is 0 Å². The van der Waals surface area contributed by atoms with Gasteiger partial charge in [-0.3, -0.25) is 0 Å². The van der Waals surface area contributed by atoms with Crippen LogP contribution in [0, 0.1) is 12.8 Å². The summed E-state index contributed by atoms with van der Waals surface area (Å²) in [7, 11) is 0. The van der Waals surface area contributed by atoms with E-state index in [0.717, 1.165) is 12.3 Å². The lowest BCUT2D eigenvalue weighted by Crippen LogP contribution is -1.88. The summed E-state index contributed by atoms with van der Waals surface area (Å²) in [5.74, 6) is 0.750. The summed E-state index contributed by atoms with van der Waals surface area (Å²) in [6.07, 6.45) is 4.51. The monoisotopic (exact) mass is 125 g/mol. The smallest absolute Gasteiger partial charge is 0.0322 e. The van der Waals surface area contributed by atoms with Crippen LogP contribution < -0.4 is 0 Å². The van der Waals surface area contributed by atoms with Gasteiger partial charge in [-0.15, -0.1) is 0 Å². The van der Waals surface area contributed by atoms with Gasteiger partial charge in [0.15, 0.2) is 0 Å². The molecule has 9 heavy (non-hydrogen) atoms. The van der Waals surface area contributed by atoms with Gasteiger partial charge in [0.25, 0.3) is 0 Å². The molecular formula is C9H17. The van der Waals surface area contributed by atoms with E-state index in [2.05, 4.69) is 33.8 Å². The van der Waals surface area contributed by atoms with Crippen LogP contribution in [0.3, 0.4) is 0 Å². The maximum absolute atomic E-state index is 3.83. The maximum atomic E-state index is 3.83. The summed E-state index contributed by atoms with van der Waals surface area (Å²) >= 11 is 0. The first-order valence-corrected chi connectivity index (χ1v) is 3.59. The fourth-order valence-electron chi connectivity index (χ4n) is 0.555. The van der Waals surface area contributed by atoms with Crippen LogP contribution in [0.1, 0.15) is 33.6 Å². The Bertz CT molecular complexity index is 86.2. The van der Waals surface area contributed by atoms with Crippen molar-refractivity contribution in [1.82, 2.24) is 0 Å². The van der Waals surface area contributed by atoms with Crippen LogP contribution in [0.15, 0.2) is 11.6 Å². The van der Waals surface area contributed by atoms with Gasteiger partial charge in [-0.25, -0.2) is 0 Å². The Morgan fingerprint density at radius 1 is 1.56 bits per heavy atom. The van der Waals surface area contributed by atoms with Gasteiger partial charge in [0, 0.05) is 0 Å². The van der Waals surface area contributed by atoms with Crippen LogP contribution in [-0.4, -0.2) is 0 Å². The normalized spacial score (nSPS) is 12.9. The van der Waals surface area contributed by atoms with E-state index in [4.69, 9.17) is 0 Å². The average Bonchev–Trinajstić information content (AvgIpc) is 1.83. The van der Waals surface area contributed by atoms with E-state index in [1.807, 2.05) is 0 Å². The number of rotatable bonds is 3. The van der Waals surface area contributed by atoms with Crippen molar-refractivity contribution in [3.8, 4) is 0 Å². The standard InChI is InChI=1S/C9H17/c1-5-9(4)7-6-8(2)3/h6,9H,1,5,7H2,2-4H3. The Morgan fingerprint density at radius 2 is 2.11 bits per heavy atom. The van der Waals surface area contributed by atoms with Crippen LogP contribution in [0.5, 0.6) is 0 Å². The second kappa shape index (κ2) is 4.60. The predicted octanol–water partition coefficient (Wildman–Crippen LogP) is 3.20. The highest BCUT2D eigenvalue weighted by Gasteiger charge is 1.93. The Hall–Kier alpha value is -0.260. The molecule has 0 aliphatic heterocycles. The Labute approximate surface area is 59.0 Å². The molecule has 0 rings (SSSR count). The second-order valence-corrected chi connectivity index (χ2v) is 2.91. The highest BCUT2D eigenvalue weighted by atomic mass is 14.0. The third kappa shape index (κ3) is 5.61. The van der Waals surface area contributed by atoms with Crippen molar-refractivity contribution in [2.75, 3.05) is 0 Å². The summed E-state index contributed by atoms with van der Waals surface area (Å²) in [5, 5.41) is 0. The fraction of sp³-hybridized carbons (Fsp3) is 0.667. The minimum atomic E-state index is 0.750. The molecule has 0 heteroatoms. The first-order valence-electron chi connectivity index (χ1n) is 3.59. The molecule has 0 amide bonds. The minimum absolute atomic E-state index is 0.750. The third-order valence-electron chi connectivity index (χ3n) is 1.42. The summed E-state index contributed by atoms with van der Waals surface area (Å²) < 4.78 is 0. The van der Waals surface area contributed by atoms with Gasteiger partial charge >= 0.3 is 0 Å². The third-order valence-corrected chi connectivity index (χ3v) is 1.42. The van der Waals surface area contributed by atoms with Crippen molar-refractivity contribution >= 4 is 0 Å². The lowest BCUT2D eigenvalue weighted by Gasteiger charge is -2.02. The molecule has 0 aromatic rings. The molecule has 0 aliphatic carbocycles. The first-order chi connectivity index (χ1) is 4.16. The topological polar surface area (TPSA) is 0 Å². The van der Waals surface area contributed by atoms with Gasteiger partial charge in [-0.2, -0.15) is 0 Å². The lowest BCUT2D eigenvalue weighted by atomic mass is 10.0. The Balaban J connectivity index is 3.37. The molecule has 0 saturated carbocycles. The SMILES string of the molecule is [CH2]CC(C)CC=C(C)C. The van der Waals surface area contributed by atoms with E-state index in [1.54, 1.807) is 0 Å². The minimum Gasteiger partial charge on any atom is -0.0856 e. The quantitative estimate of drug-likeness (QED) is 0.508. The Kier molecular flexibility index (Phi) is 4.47. The van der Waals surface area contributed by atoms with Gasteiger partial charge in [0.05, 0.1) is 0 Å². The Morgan fingerprint density at radius 3 is 2.44 bits per heavy atom. The molecule has 0 N–H and O–H groups in total. The fourth-order valence-corrected chi connectivity index (χ4v) is 0.555. The zero-order chi connectivity index (χ0) is 7.28. The molecular weight excluding hydrogens is 108 g/mol. The van der Waals surface area contributed by atoms with Gasteiger partial charge in [-0.1, -0.05) is 31.9 Å². The zero-order valence-corrected chi connectivity index (χ0v) is 6.78. The van der Waals surface area contributed by atoms with E-state index < -0.39 is 0 Å². The van der Waals surface area contributed by atoms with E-state index in [1.165, 1.54) is 12.0 Å². The van der Waals surface area contributed by atoms with Crippen molar-refractivity contribution in [3.05, 3.63) is 18.6 Å². The van der Waals surface area contributed by atoms with Gasteiger partial charge < -0.3 is 0 Å². The summed E-state index contributed by atoms with van der Waals surface area (Å²) in [6.45, 7) is 10.3. The molecule has 0 spiro atoms. The van der Waals surface area contributed by atoms with Crippen molar-refractivity contribution in [1.29, 1.82) is 0 Å². The molecule has 1 atom stereocenters. The van der Waals surface area contributed by atoms with E-state index in [-0.39, 0.29) is 0 Å². The van der Waals surface area contributed by atoms with Crippen LogP contribution in [0.4, 0.5) is 0 Å². The molecule has 0 aliphatic rings. The predicted molar refractivity (Wildman–Crippen MR) is 43.2 cm³/mol. The zero-order valence-electron chi connectivity index (χ0n) is 6.78. The van der Waals surface area contributed by atoms with Crippen LogP contribution in [0.2, 0.25) is 0 Å². The average molecular weight is 125 g/mol. The van der Waals surface area contributed by atoms with E-state index >= 15 is 0 Å². The van der Waals surface area contributed by atoms with Crippen LogP contribution in [-0.2, 0) is 0 Å². The number of hydrogen-bond donors (Lipinski definition) is 0. The van der Waals surface area contributed by atoms with Crippen LogP contribution in [0.25, 0.3) is 0 Å². The van der Waals surface area contributed by atoms with Crippen molar-refractivity contribution in [2.45, 2.75) is 33.6 Å². The molecule has 0 aromatic heterocycles. The van der Waals surface area contributed by atoms with Gasteiger partial charge in [-0.05, 0) is 26.2 Å².